The van der Waals surface area contributed by atoms with Gasteiger partial charge in [-0.15, -0.1) is 0 Å². The molecule has 0 aliphatic carbocycles. The molecule has 0 aliphatic heterocycles. The van der Waals surface area contributed by atoms with Crippen molar-refractivity contribution in [2.24, 2.45) is 5.73 Å². The summed E-state index contributed by atoms with van der Waals surface area (Å²) >= 11 is 3.04. The molecule has 18 heavy (non-hydrogen) atoms. The van der Waals surface area contributed by atoms with E-state index in [1.807, 2.05) is 0 Å². The van der Waals surface area contributed by atoms with Gasteiger partial charge in [0.2, 0.25) is 5.91 Å². The molecule has 1 atom stereocenters. The SMILES string of the molecule is C[C@@H](NC(N)=O)C(=O)NCc1ccc(Br)c(F)c1. The molecule has 1 aromatic carbocycles. The lowest BCUT2D eigenvalue weighted by atomic mass is 10.2. The number of hydrogen-bond acceptors (Lipinski definition) is 2. The quantitative estimate of drug-likeness (QED) is 0.781. The van der Waals surface area contributed by atoms with Gasteiger partial charge in [-0.2, -0.15) is 0 Å². The molecule has 98 valence electrons. The Morgan fingerprint density at radius 3 is 2.72 bits per heavy atom. The number of amides is 3. The summed E-state index contributed by atoms with van der Waals surface area (Å²) in [7, 11) is 0. The lowest BCUT2D eigenvalue weighted by molar-refractivity contribution is -0.122. The average molecular weight is 318 g/mol. The Balaban J connectivity index is 2.52. The molecule has 0 saturated heterocycles. The molecule has 0 saturated carbocycles. The van der Waals surface area contributed by atoms with Crippen molar-refractivity contribution in [1.29, 1.82) is 0 Å². The fourth-order valence-electron chi connectivity index (χ4n) is 1.27. The van der Waals surface area contributed by atoms with Gasteiger partial charge in [0.15, 0.2) is 0 Å². The number of hydrogen-bond donors (Lipinski definition) is 3. The van der Waals surface area contributed by atoms with Crippen molar-refractivity contribution in [3.05, 3.63) is 34.1 Å². The monoisotopic (exact) mass is 317 g/mol. The smallest absolute Gasteiger partial charge is 0.312 e. The Hall–Kier alpha value is -1.63. The van der Waals surface area contributed by atoms with Crippen LogP contribution in [0.5, 0.6) is 0 Å². The van der Waals surface area contributed by atoms with Gasteiger partial charge < -0.3 is 16.4 Å². The van der Waals surface area contributed by atoms with E-state index < -0.39 is 23.8 Å². The van der Waals surface area contributed by atoms with E-state index in [4.69, 9.17) is 5.73 Å². The predicted octanol–water partition coefficient (Wildman–Crippen LogP) is 1.26. The lowest BCUT2D eigenvalue weighted by Gasteiger charge is -2.12. The summed E-state index contributed by atoms with van der Waals surface area (Å²) in [6.45, 7) is 1.68. The standard InChI is InChI=1S/C11H13BrFN3O2/c1-6(16-11(14)18)10(17)15-5-7-2-3-8(12)9(13)4-7/h2-4,6H,5H2,1H3,(H,15,17)(H3,14,16,18)/t6-/m1/s1. The van der Waals surface area contributed by atoms with Gasteiger partial charge in [-0.05, 0) is 40.5 Å². The number of carbonyl (C=O) groups is 2. The summed E-state index contributed by atoms with van der Waals surface area (Å²) in [6.07, 6.45) is 0. The van der Waals surface area contributed by atoms with Gasteiger partial charge in [0, 0.05) is 6.54 Å². The molecule has 0 heterocycles. The maximum Gasteiger partial charge on any atom is 0.312 e. The molecule has 4 N–H and O–H groups in total. The highest BCUT2D eigenvalue weighted by Gasteiger charge is 2.13. The molecule has 7 heteroatoms. The van der Waals surface area contributed by atoms with Crippen molar-refractivity contribution in [3.63, 3.8) is 0 Å². The summed E-state index contributed by atoms with van der Waals surface area (Å²) in [6, 6.07) is 3.05. The lowest BCUT2D eigenvalue weighted by Crippen LogP contribution is -2.46. The molecule has 1 rings (SSSR count). The number of nitrogens with two attached hydrogens (primary N) is 1. The Labute approximate surface area is 112 Å². The van der Waals surface area contributed by atoms with Gasteiger partial charge >= 0.3 is 6.03 Å². The predicted molar refractivity (Wildman–Crippen MR) is 68.1 cm³/mol. The molecule has 0 bridgehead atoms. The number of halogens is 2. The van der Waals surface area contributed by atoms with Crippen molar-refractivity contribution in [3.8, 4) is 0 Å². The van der Waals surface area contributed by atoms with Crippen LogP contribution in [0.3, 0.4) is 0 Å². The van der Waals surface area contributed by atoms with Crippen LogP contribution in [-0.4, -0.2) is 18.0 Å². The minimum Gasteiger partial charge on any atom is -0.352 e. The number of benzene rings is 1. The van der Waals surface area contributed by atoms with E-state index in [9.17, 15) is 14.0 Å². The average Bonchev–Trinajstić information content (AvgIpc) is 2.29. The second-order valence-electron chi connectivity index (χ2n) is 3.70. The molecule has 0 radical (unpaired) electrons. The van der Waals surface area contributed by atoms with Crippen molar-refractivity contribution in [2.75, 3.05) is 0 Å². The number of nitrogens with one attached hydrogen (secondary N) is 2. The summed E-state index contributed by atoms with van der Waals surface area (Å²) in [5, 5.41) is 4.80. The van der Waals surface area contributed by atoms with E-state index >= 15 is 0 Å². The summed E-state index contributed by atoms with van der Waals surface area (Å²) in [5.41, 5.74) is 5.51. The third-order valence-corrected chi connectivity index (χ3v) is 2.85. The summed E-state index contributed by atoms with van der Waals surface area (Å²) < 4.78 is 13.6. The zero-order valence-electron chi connectivity index (χ0n) is 9.67. The van der Waals surface area contributed by atoms with Crippen LogP contribution in [0.1, 0.15) is 12.5 Å². The normalized spacial score (nSPS) is 11.7. The second kappa shape index (κ2) is 6.34. The van der Waals surface area contributed by atoms with Gasteiger partial charge in [-0.3, -0.25) is 4.79 Å². The van der Waals surface area contributed by atoms with Gasteiger partial charge in [-0.1, -0.05) is 6.07 Å². The molecule has 0 aromatic heterocycles. The van der Waals surface area contributed by atoms with E-state index in [1.54, 1.807) is 12.1 Å². The molecule has 1 aromatic rings. The van der Waals surface area contributed by atoms with E-state index in [0.717, 1.165) is 0 Å². The molecular formula is C11H13BrFN3O2. The van der Waals surface area contributed by atoms with Gasteiger partial charge in [0.1, 0.15) is 11.9 Å². The van der Waals surface area contributed by atoms with E-state index in [2.05, 4.69) is 26.6 Å². The third-order valence-electron chi connectivity index (χ3n) is 2.20. The minimum atomic E-state index is -0.771. The van der Waals surface area contributed by atoms with Crippen LogP contribution < -0.4 is 16.4 Å². The Kier molecular flexibility index (Phi) is 5.08. The Bertz CT molecular complexity index is 468. The van der Waals surface area contributed by atoms with E-state index in [0.29, 0.717) is 10.0 Å². The van der Waals surface area contributed by atoms with Gasteiger partial charge in [0.05, 0.1) is 4.47 Å². The number of carbonyl (C=O) groups excluding carboxylic acids is 2. The summed E-state index contributed by atoms with van der Waals surface area (Å²) in [4.78, 5) is 22.1. The van der Waals surface area contributed by atoms with E-state index in [-0.39, 0.29) is 6.54 Å². The maximum atomic E-state index is 13.2. The Morgan fingerprint density at radius 2 is 2.17 bits per heavy atom. The molecular weight excluding hydrogens is 305 g/mol. The maximum absolute atomic E-state index is 13.2. The molecule has 0 spiro atoms. The first kappa shape index (κ1) is 14.4. The van der Waals surface area contributed by atoms with Crippen LogP contribution in [-0.2, 0) is 11.3 Å². The Morgan fingerprint density at radius 1 is 1.50 bits per heavy atom. The van der Waals surface area contributed by atoms with Gasteiger partial charge in [-0.25, -0.2) is 9.18 Å². The van der Waals surface area contributed by atoms with Crippen molar-refractivity contribution in [2.45, 2.75) is 19.5 Å². The molecule has 0 unspecified atom stereocenters. The first-order chi connectivity index (χ1) is 8.40. The van der Waals surface area contributed by atoms with Crippen LogP contribution in [0.25, 0.3) is 0 Å². The first-order valence-electron chi connectivity index (χ1n) is 5.17. The fraction of sp³-hybridized carbons (Fsp3) is 0.273. The minimum absolute atomic E-state index is 0.174. The highest BCUT2D eigenvalue weighted by Crippen LogP contribution is 2.16. The van der Waals surface area contributed by atoms with Crippen LogP contribution in [0, 0.1) is 5.82 Å². The van der Waals surface area contributed by atoms with Crippen molar-refractivity contribution >= 4 is 27.9 Å². The topological polar surface area (TPSA) is 84.2 Å². The van der Waals surface area contributed by atoms with Crippen molar-refractivity contribution in [1.82, 2.24) is 10.6 Å². The molecule has 0 fully saturated rings. The fourth-order valence-corrected chi connectivity index (χ4v) is 1.52. The van der Waals surface area contributed by atoms with Crippen LogP contribution in [0.15, 0.2) is 22.7 Å². The first-order valence-corrected chi connectivity index (χ1v) is 5.97. The number of rotatable bonds is 4. The van der Waals surface area contributed by atoms with Gasteiger partial charge in [0.25, 0.3) is 0 Å². The molecule has 0 aliphatic rings. The number of urea groups is 1. The summed E-state index contributed by atoms with van der Waals surface area (Å²) in [5.74, 6) is -0.790. The molecule has 5 nitrogen and oxygen atoms in total. The second-order valence-corrected chi connectivity index (χ2v) is 4.55. The zero-order valence-corrected chi connectivity index (χ0v) is 11.3. The molecule has 3 amide bonds. The largest absolute Gasteiger partial charge is 0.352 e. The van der Waals surface area contributed by atoms with Crippen LogP contribution in [0.2, 0.25) is 0 Å². The van der Waals surface area contributed by atoms with Crippen LogP contribution in [0.4, 0.5) is 9.18 Å². The third kappa shape index (κ3) is 4.33. The number of primary amides is 1. The zero-order chi connectivity index (χ0) is 13.7. The highest BCUT2D eigenvalue weighted by atomic mass is 79.9. The van der Waals surface area contributed by atoms with Crippen molar-refractivity contribution < 1.29 is 14.0 Å². The van der Waals surface area contributed by atoms with Crippen LogP contribution >= 0.6 is 15.9 Å². The van der Waals surface area contributed by atoms with E-state index in [1.165, 1.54) is 13.0 Å². The highest BCUT2D eigenvalue weighted by molar-refractivity contribution is 9.10.